The van der Waals surface area contributed by atoms with Gasteiger partial charge in [-0.15, -0.1) is 4.52 Å². The topological polar surface area (TPSA) is 169 Å². The molecule has 16 heteroatoms. The zero-order chi connectivity index (χ0) is 38.7. The first-order chi connectivity index (χ1) is 27.5. The van der Waals surface area contributed by atoms with Crippen LogP contribution in [0.25, 0.3) is 0 Å². The molecule has 0 N–H and O–H groups in total. The molecule has 6 aromatic carbocycles. The fraction of sp³-hybridized carbons (Fsp3) is 0. The van der Waals surface area contributed by atoms with Crippen molar-refractivity contribution in [2.45, 2.75) is 0 Å². The van der Waals surface area contributed by atoms with Gasteiger partial charge in [0, 0.05) is 9.21 Å². The molecule has 56 heavy (non-hydrogen) atoms. The van der Waals surface area contributed by atoms with E-state index in [0.29, 0.717) is 51.0 Å². The third-order valence-corrected chi connectivity index (χ3v) is 14.3. The molecule has 0 radical (unpaired) electrons. The van der Waals surface area contributed by atoms with Crippen LogP contribution >= 0.6 is 24.6 Å². The standard InChI is InChI=1S/C40H26N7O6P3/c41-27-31-11-19-35(20-12-31)48-46-54(50-37-23-15-33(29-43)16-24-37)45-56(52-39-7-3-1-4-8-39,53-40-9-5-2-6-10-40)47(49-36-21-13-32(28-42)14-22-36)55(46)51-38-25-17-34(30-44)18-26-38/h1-26H. The number of hydrogen-bond donors (Lipinski definition) is 0. The second-order valence-electron chi connectivity index (χ2n) is 11.3. The Morgan fingerprint density at radius 1 is 0.429 bits per heavy atom. The fourth-order valence-electron chi connectivity index (χ4n) is 4.77. The van der Waals surface area contributed by atoms with Crippen LogP contribution in [-0.4, -0.2) is 9.21 Å². The lowest BCUT2D eigenvalue weighted by atomic mass is 10.2. The van der Waals surface area contributed by atoms with Crippen molar-refractivity contribution in [3.8, 4) is 58.8 Å². The molecule has 0 bridgehead atoms. The van der Waals surface area contributed by atoms with E-state index in [1.54, 1.807) is 146 Å². The van der Waals surface area contributed by atoms with Gasteiger partial charge in [-0.3, -0.25) is 0 Å². The maximum atomic E-state index is 9.54. The Balaban J connectivity index is 1.48. The van der Waals surface area contributed by atoms with Crippen molar-refractivity contribution in [3.05, 3.63) is 180 Å². The Morgan fingerprint density at radius 2 is 0.804 bits per heavy atom. The number of benzene rings is 6. The van der Waals surface area contributed by atoms with Gasteiger partial charge in [0.25, 0.3) is 0 Å². The maximum absolute atomic E-state index is 9.54. The van der Waals surface area contributed by atoms with Gasteiger partial charge >= 0.3 is 24.6 Å². The molecule has 2 unspecified atom stereocenters. The monoisotopic (exact) mass is 793 g/mol. The van der Waals surface area contributed by atoms with E-state index in [1.807, 2.05) is 12.1 Å². The first-order valence-corrected chi connectivity index (χ1v) is 20.4. The van der Waals surface area contributed by atoms with Gasteiger partial charge in [-0.05, 0) is 121 Å². The summed E-state index contributed by atoms with van der Waals surface area (Å²) < 4.78 is 35.1. The Morgan fingerprint density at radius 3 is 1.21 bits per heavy atom. The quantitative estimate of drug-likeness (QED) is 0.108. The molecule has 0 spiro atoms. The van der Waals surface area contributed by atoms with Crippen LogP contribution in [0.4, 0.5) is 0 Å². The molecule has 1 aliphatic rings. The van der Waals surface area contributed by atoms with Crippen molar-refractivity contribution < 1.29 is 27.8 Å². The lowest BCUT2D eigenvalue weighted by molar-refractivity contribution is 0.0545. The minimum atomic E-state index is -3.99. The summed E-state index contributed by atoms with van der Waals surface area (Å²) in [4.78, 5) is 13.3. The lowest BCUT2D eigenvalue weighted by Gasteiger charge is -2.43. The van der Waals surface area contributed by atoms with Gasteiger partial charge in [0.15, 0.2) is 0 Å². The smallest absolute Gasteiger partial charge is 0.440 e. The summed E-state index contributed by atoms with van der Waals surface area (Å²) in [6.45, 7) is 0. The van der Waals surface area contributed by atoms with Crippen LogP contribution in [-0.2, 0) is 0 Å². The molecule has 7 rings (SSSR count). The third kappa shape index (κ3) is 8.89. The van der Waals surface area contributed by atoms with Crippen LogP contribution in [0, 0.1) is 45.3 Å². The second kappa shape index (κ2) is 17.5. The molecule has 0 amide bonds. The van der Waals surface area contributed by atoms with Crippen molar-refractivity contribution in [1.29, 1.82) is 21.0 Å². The van der Waals surface area contributed by atoms with E-state index in [4.69, 9.17) is 32.3 Å². The summed E-state index contributed by atoms with van der Waals surface area (Å²) in [5, 5.41) is 38.0. The van der Waals surface area contributed by atoms with Crippen molar-refractivity contribution in [2.24, 2.45) is 4.52 Å². The van der Waals surface area contributed by atoms with Gasteiger partial charge < -0.3 is 27.8 Å². The van der Waals surface area contributed by atoms with Crippen molar-refractivity contribution in [1.82, 2.24) is 9.21 Å². The molecule has 1 heterocycles. The predicted molar refractivity (Wildman–Crippen MR) is 208 cm³/mol. The van der Waals surface area contributed by atoms with Gasteiger partial charge in [0.05, 0.1) is 46.5 Å². The van der Waals surface area contributed by atoms with Crippen LogP contribution in [0.3, 0.4) is 0 Å². The normalized spacial score (nSPS) is 15.9. The first-order valence-electron chi connectivity index (χ1n) is 16.5. The largest absolute Gasteiger partial charge is 0.447 e. The van der Waals surface area contributed by atoms with Crippen LogP contribution in [0.1, 0.15) is 22.3 Å². The van der Waals surface area contributed by atoms with E-state index < -0.39 is 24.6 Å². The molecular formula is C40H26N7O6P3. The molecule has 272 valence electrons. The van der Waals surface area contributed by atoms with E-state index in [0.717, 1.165) is 0 Å². The number of para-hydroxylation sites is 2. The number of hydrogen-bond acceptors (Lipinski definition) is 13. The first kappa shape index (κ1) is 37.4. The van der Waals surface area contributed by atoms with Crippen molar-refractivity contribution >= 4 is 24.6 Å². The van der Waals surface area contributed by atoms with E-state index >= 15 is 0 Å². The Kier molecular flexibility index (Phi) is 11.7. The van der Waals surface area contributed by atoms with Crippen molar-refractivity contribution in [2.75, 3.05) is 0 Å². The number of rotatable bonds is 12. The van der Waals surface area contributed by atoms with Gasteiger partial charge in [-0.1, -0.05) is 36.4 Å². The van der Waals surface area contributed by atoms with Gasteiger partial charge in [-0.25, -0.2) is 0 Å². The van der Waals surface area contributed by atoms with E-state index in [2.05, 4.69) is 24.3 Å². The minimum Gasteiger partial charge on any atom is -0.440 e. The van der Waals surface area contributed by atoms with E-state index in [1.165, 1.54) is 9.21 Å². The molecule has 0 aromatic heterocycles. The predicted octanol–water partition coefficient (Wildman–Crippen LogP) is 10.8. The zero-order valence-electron chi connectivity index (χ0n) is 28.9. The summed E-state index contributed by atoms with van der Waals surface area (Å²) in [6.07, 6.45) is 0. The summed E-state index contributed by atoms with van der Waals surface area (Å²) in [6, 6.07) is 52.2. The Bertz CT molecular complexity index is 2460. The second-order valence-corrected chi connectivity index (χ2v) is 16.8. The van der Waals surface area contributed by atoms with Crippen LogP contribution in [0.2, 0.25) is 0 Å². The highest BCUT2D eigenvalue weighted by Crippen LogP contribution is 2.77. The van der Waals surface area contributed by atoms with E-state index in [-0.39, 0.29) is 5.75 Å². The maximum Gasteiger partial charge on any atom is 0.447 e. The molecule has 2 atom stereocenters. The summed E-state index contributed by atoms with van der Waals surface area (Å²) in [5.74, 6) is 2.03. The number of nitrogens with zero attached hydrogens (tertiary/aromatic N) is 7. The third-order valence-electron chi connectivity index (χ3n) is 7.46. The van der Waals surface area contributed by atoms with Gasteiger partial charge in [0.2, 0.25) is 0 Å². The molecular weight excluding hydrogens is 767 g/mol. The van der Waals surface area contributed by atoms with Crippen LogP contribution in [0.15, 0.2) is 162 Å². The van der Waals surface area contributed by atoms with Crippen molar-refractivity contribution in [3.63, 3.8) is 0 Å². The zero-order valence-corrected chi connectivity index (χ0v) is 31.6. The molecule has 0 saturated heterocycles. The average molecular weight is 794 g/mol. The molecule has 0 saturated carbocycles. The summed E-state index contributed by atoms with van der Waals surface area (Å²) >= 11 is 0. The van der Waals surface area contributed by atoms with Crippen LogP contribution < -0.4 is 27.8 Å². The molecule has 0 fully saturated rings. The van der Waals surface area contributed by atoms with E-state index in [9.17, 15) is 21.0 Å². The molecule has 13 nitrogen and oxygen atoms in total. The lowest BCUT2D eigenvalue weighted by Crippen LogP contribution is -2.37. The molecule has 0 aliphatic carbocycles. The average Bonchev–Trinajstić information content (AvgIpc) is 3.25. The summed E-state index contributed by atoms with van der Waals surface area (Å²) in [5.41, 5.74) is 1.65. The Labute approximate surface area is 324 Å². The molecule has 6 aromatic rings. The number of nitriles is 4. The highest BCUT2D eigenvalue weighted by molar-refractivity contribution is 7.78. The van der Waals surface area contributed by atoms with Crippen LogP contribution in [0.5, 0.6) is 34.5 Å². The minimum absolute atomic E-state index is 0.283. The fourth-order valence-corrected chi connectivity index (χ4v) is 12.3. The summed E-state index contributed by atoms with van der Waals surface area (Å²) in [7, 11) is -8.73. The van der Waals surface area contributed by atoms with Gasteiger partial charge in [0.1, 0.15) is 34.5 Å². The highest BCUT2D eigenvalue weighted by atomic mass is 31.3. The highest BCUT2D eigenvalue weighted by Gasteiger charge is 2.58. The Hall–Kier alpha value is -6.91. The van der Waals surface area contributed by atoms with Gasteiger partial charge in [-0.2, -0.15) is 21.0 Å². The molecule has 1 aliphatic heterocycles. The SMILES string of the molecule is N#Cc1ccc(ON2P(Oc3ccc(C#N)cc3)N=P(Oc3ccccc3)(Oc3ccccc3)N(Oc3ccc(C#N)cc3)P2Oc2ccc(C#N)cc2)cc1.